The number of rotatable bonds is 3. The van der Waals surface area contributed by atoms with Crippen molar-refractivity contribution in [1.29, 1.82) is 0 Å². The van der Waals surface area contributed by atoms with Crippen LogP contribution in [-0.4, -0.2) is 17.3 Å². The van der Waals surface area contributed by atoms with E-state index in [-0.39, 0.29) is 17.4 Å². The smallest absolute Gasteiger partial charge is 0.133 e. The van der Waals surface area contributed by atoms with Crippen LogP contribution in [0.3, 0.4) is 0 Å². The number of benzene rings is 2. The standard InChI is InChI=1S/C20H20O3/c1-14-11-12-20(23-2,17-8-4-6-10-19(17)22)13-16(14)15-7-3-5-9-18(15)21/h3-14,21-22H,1-2H3. The first-order chi connectivity index (χ1) is 11.1. The van der Waals surface area contributed by atoms with Crippen LogP contribution in [0, 0.1) is 5.92 Å². The Morgan fingerprint density at radius 2 is 1.61 bits per heavy atom. The largest absolute Gasteiger partial charge is 0.508 e. The van der Waals surface area contributed by atoms with Crippen LogP contribution in [0.5, 0.6) is 11.5 Å². The number of methoxy groups -OCH3 is 1. The Bertz CT molecular complexity index is 776. The summed E-state index contributed by atoms with van der Waals surface area (Å²) < 4.78 is 5.78. The van der Waals surface area contributed by atoms with Gasteiger partial charge in [-0.05, 0) is 35.8 Å². The van der Waals surface area contributed by atoms with E-state index in [0.29, 0.717) is 5.56 Å². The maximum atomic E-state index is 10.2. The molecule has 2 atom stereocenters. The zero-order chi connectivity index (χ0) is 16.4. The molecule has 0 aliphatic heterocycles. The van der Waals surface area contributed by atoms with Crippen molar-refractivity contribution in [2.45, 2.75) is 12.5 Å². The summed E-state index contributed by atoms with van der Waals surface area (Å²) in [4.78, 5) is 0. The summed E-state index contributed by atoms with van der Waals surface area (Å²) in [6, 6.07) is 14.4. The van der Waals surface area contributed by atoms with Crippen LogP contribution in [0.1, 0.15) is 18.1 Å². The predicted molar refractivity (Wildman–Crippen MR) is 91.2 cm³/mol. The van der Waals surface area contributed by atoms with E-state index in [2.05, 4.69) is 6.92 Å². The lowest BCUT2D eigenvalue weighted by Crippen LogP contribution is -2.27. The van der Waals surface area contributed by atoms with Crippen molar-refractivity contribution in [2.24, 2.45) is 5.92 Å². The topological polar surface area (TPSA) is 49.7 Å². The van der Waals surface area contributed by atoms with Gasteiger partial charge < -0.3 is 14.9 Å². The van der Waals surface area contributed by atoms with Gasteiger partial charge in [0.05, 0.1) is 0 Å². The second kappa shape index (κ2) is 5.94. The van der Waals surface area contributed by atoms with Gasteiger partial charge >= 0.3 is 0 Å². The molecule has 1 aliphatic rings. The molecule has 2 unspecified atom stereocenters. The van der Waals surface area contributed by atoms with Gasteiger partial charge in [-0.1, -0.05) is 49.4 Å². The molecule has 0 bridgehead atoms. The Balaban J connectivity index is 2.18. The fourth-order valence-corrected chi connectivity index (χ4v) is 3.05. The molecule has 1 aliphatic carbocycles. The molecule has 118 valence electrons. The summed E-state index contributed by atoms with van der Waals surface area (Å²) in [5.41, 5.74) is 1.57. The number of phenolic OH excluding ortho intramolecular Hbond substituents is 2. The first-order valence-electron chi connectivity index (χ1n) is 7.61. The van der Waals surface area contributed by atoms with Gasteiger partial charge in [-0.15, -0.1) is 0 Å². The molecule has 0 radical (unpaired) electrons. The van der Waals surface area contributed by atoms with Gasteiger partial charge in [0, 0.05) is 18.2 Å². The van der Waals surface area contributed by atoms with Crippen LogP contribution in [0.25, 0.3) is 5.57 Å². The average molecular weight is 308 g/mol. The highest BCUT2D eigenvalue weighted by Gasteiger charge is 2.34. The molecular formula is C20H20O3. The van der Waals surface area contributed by atoms with Crippen LogP contribution >= 0.6 is 0 Å². The van der Waals surface area contributed by atoms with Crippen molar-refractivity contribution in [3.8, 4) is 11.5 Å². The van der Waals surface area contributed by atoms with Gasteiger partial charge in [0.25, 0.3) is 0 Å². The maximum Gasteiger partial charge on any atom is 0.133 e. The van der Waals surface area contributed by atoms with Gasteiger partial charge in [0.2, 0.25) is 0 Å². The number of phenols is 2. The number of hydrogen-bond acceptors (Lipinski definition) is 3. The van der Waals surface area contributed by atoms with Crippen molar-refractivity contribution in [1.82, 2.24) is 0 Å². The molecule has 0 spiro atoms. The third-order valence-electron chi connectivity index (χ3n) is 4.37. The molecule has 3 rings (SSSR count). The molecule has 0 aromatic heterocycles. The fraction of sp³-hybridized carbons (Fsp3) is 0.200. The normalized spacial score (nSPS) is 23.6. The Kier molecular flexibility index (Phi) is 3.97. The Morgan fingerprint density at radius 3 is 2.26 bits per heavy atom. The van der Waals surface area contributed by atoms with Gasteiger partial charge in [0.15, 0.2) is 0 Å². The predicted octanol–water partition coefficient (Wildman–Crippen LogP) is 4.23. The number of hydrogen-bond donors (Lipinski definition) is 2. The lowest BCUT2D eigenvalue weighted by Gasteiger charge is -2.33. The lowest BCUT2D eigenvalue weighted by atomic mass is 9.79. The van der Waals surface area contributed by atoms with Crippen LogP contribution < -0.4 is 0 Å². The second-order valence-electron chi connectivity index (χ2n) is 5.78. The summed E-state index contributed by atoms with van der Waals surface area (Å²) in [6.45, 7) is 2.07. The number of aromatic hydroxyl groups is 2. The molecule has 23 heavy (non-hydrogen) atoms. The van der Waals surface area contributed by atoms with E-state index in [0.717, 1.165) is 11.1 Å². The van der Waals surface area contributed by atoms with Crippen molar-refractivity contribution >= 4 is 5.57 Å². The molecule has 2 N–H and O–H groups in total. The Morgan fingerprint density at radius 1 is 0.957 bits per heavy atom. The van der Waals surface area contributed by atoms with E-state index in [1.807, 2.05) is 42.5 Å². The van der Waals surface area contributed by atoms with Gasteiger partial charge in [-0.3, -0.25) is 0 Å². The van der Waals surface area contributed by atoms with E-state index in [1.165, 1.54) is 0 Å². The highest BCUT2D eigenvalue weighted by molar-refractivity contribution is 5.76. The molecule has 0 amide bonds. The molecule has 0 saturated carbocycles. The average Bonchev–Trinajstić information content (AvgIpc) is 2.57. The summed E-state index contributed by atoms with van der Waals surface area (Å²) >= 11 is 0. The molecule has 3 heteroatoms. The highest BCUT2D eigenvalue weighted by Crippen LogP contribution is 2.43. The Hall–Kier alpha value is -2.52. The summed E-state index contributed by atoms with van der Waals surface area (Å²) in [5.74, 6) is 0.557. The van der Waals surface area contributed by atoms with E-state index < -0.39 is 5.60 Å². The van der Waals surface area contributed by atoms with Gasteiger partial charge in [0.1, 0.15) is 17.1 Å². The van der Waals surface area contributed by atoms with E-state index in [1.54, 1.807) is 31.4 Å². The SMILES string of the molecule is COC1(c2ccccc2O)C=CC(C)C(c2ccccc2O)=C1. The maximum absolute atomic E-state index is 10.2. The molecular weight excluding hydrogens is 288 g/mol. The molecule has 3 nitrogen and oxygen atoms in total. The molecule has 0 heterocycles. The summed E-state index contributed by atoms with van der Waals surface area (Å²) in [7, 11) is 1.62. The minimum absolute atomic E-state index is 0.137. The van der Waals surface area contributed by atoms with Gasteiger partial charge in [-0.25, -0.2) is 0 Å². The van der Waals surface area contributed by atoms with Crippen LogP contribution in [0.4, 0.5) is 0 Å². The highest BCUT2D eigenvalue weighted by atomic mass is 16.5. The van der Waals surface area contributed by atoms with Gasteiger partial charge in [-0.2, -0.15) is 0 Å². The van der Waals surface area contributed by atoms with Crippen molar-refractivity contribution in [3.05, 3.63) is 77.9 Å². The minimum atomic E-state index is -0.852. The number of allylic oxidation sites excluding steroid dienone is 2. The molecule has 0 saturated heterocycles. The fourth-order valence-electron chi connectivity index (χ4n) is 3.05. The first-order valence-corrected chi connectivity index (χ1v) is 7.61. The van der Waals surface area contributed by atoms with Crippen LogP contribution in [0.2, 0.25) is 0 Å². The van der Waals surface area contributed by atoms with E-state index in [4.69, 9.17) is 4.74 Å². The summed E-state index contributed by atoms with van der Waals surface area (Å²) in [6.07, 6.45) is 5.97. The quantitative estimate of drug-likeness (QED) is 0.834. The Labute approximate surface area is 136 Å². The molecule has 2 aromatic carbocycles. The van der Waals surface area contributed by atoms with E-state index in [9.17, 15) is 10.2 Å². The van der Waals surface area contributed by atoms with Crippen LogP contribution in [0.15, 0.2) is 66.8 Å². The minimum Gasteiger partial charge on any atom is -0.508 e. The third kappa shape index (κ3) is 2.64. The second-order valence-corrected chi connectivity index (χ2v) is 5.78. The zero-order valence-corrected chi connectivity index (χ0v) is 13.2. The van der Waals surface area contributed by atoms with Crippen molar-refractivity contribution in [3.63, 3.8) is 0 Å². The summed E-state index contributed by atoms with van der Waals surface area (Å²) in [5, 5.41) is 20.4. The zero-order valence-electron chi connectivity index (χ0n) is 13.2. The number of para-hydroxylation sites is 2. The van der Waals surface area contributed by atoms with Crippen molar-refractivity contribution < 1.29 is 14.9 Å². The number of ether oxygens (including phenoxy) is 1. The van der Waals surface area contributed by atoms with Crippen molar-refractivity contribution in [2.75, 3.05) is 7.11 Å². The first kappa shape index (κ1) is 15.4. The van der Waals surface area contributed by atoms with E-state index >= 15 is 0 Å². The molecule has 2 aromatic rings. The third-order valence-corrected chi connectivity index (χ3v) is 4.37. The monoisotopic (exact) mass is 308 g/mol. The molecule has 0 fully saturated rings. The van der Waals surface area contributed by atoms with Crippen LogP contribution in [-0.2, 0) is 10.3 Å². The lowest BCUT2D eigenvalue weighted by molar-refractivity contribution is 0.0689.